The summed E-state index contributed by atoms with van der Waals surface area (Å²) in [5, 5.41) is 3.40. The van der Waals surface area contributed by atoms with Crippen molar-refractivity contribution in [3.8, 4) is 0 Å². The van der Waals surface area contributed by atoms with Crippen LogP contribution in [0.3, 0.4) is 0 Å². The summed E-state index contributed by atoms with van der Waals surface area (Å²) < 4.78 is 0. The van der Waals surface area contributed by atoms with Crippen LogP contribution >= 0.6 is 0 Å². The lowest BCUT2D eigenvalue weighted by molar-refractivity contribution is 0.436. The zero-order chi connectivity index (χ0) is 17.6. The molecule has 0 radical (unpaired) electrons. The molecule has 0 amide bonds. The zero-order valence-electron chi connectivity index (χ0n) is 15.6. The van der Waals surface area contributed by atoms with Crippen molar-refractivity contribution in [3.63, 3.8) is 0 Å². The molecule has 1 aliphatic rings. The van der Waals surface area contributed by atoms with Gasteiger partial charge in [-0.2, -0.15) is 0 Å². The first kappa shape index (κ1) is 17.5. The van der Waals surface area contributed by atoms with Gasteiger partial charge in [0.25, 0.3) is 0 Å². The van der Waals surface area contributed by atoms with Crippen molar-refractivity contribution in [1.29, 1.82) is 0 Å². The normalized spacial score (nSPS) is 15.2. The molecule has 5 heteroatoms. The molecule has 1 aliphatic heterocycles. The molecule has 1 aromatic heterocycles. The van der Waals surface area contributed by atoms with E-state index in [-0.39, 0.29) is 0 Å². The average Bonchev–Trinajstić information content (AvgIpc) is 2.65. The minimum Gasteiger partial charge on any atom is -0.372 e. The van der Waals surface area contributed by atoms with Gasteiger partial charge >= 0.3 is 0 Å². The fourth-order valence-electron chi connectivity index (χ4n) is 3.32. The summed E-state index contributed by atoms with van der Waals surface area (Å²) in [6.45, 7) is 10.9. The second-order valence-corrected chi connectivity index (χ2v) is 6.78. The first-order chi connectivity index (χ1) is 12.2. The van der Waals surface area contributed by atoms with Crippen molar-refractivity contribution in [1.82, 2.24) is 9.97 Å². The van der Waals surface area contributed by atoms with E-state index in [9.17, 15) is 0 Å². The van der Waals surface area contributed by atoms with Crippen LogP contribution < -0.4 is 15.1 Å². The van der Waals surface area contributed by atoms with Gasteiger partial charge in [0.15, 0.2) is 0 Å². The molecule has 1 saturated heterocycles. The Morgan fingerprint density at radius 1 is 1.08 bits per heavy atom. The van der Waals surface area contributed by atoms with E-state index < -0.39 is 0 Å². The van der Waals surface area contributed by atoms with Crippen LogP contribution in [0.2, 0.25) is 0 Å². The largest absolute Gasteiger partial charge is 0.372 e. The highest BCUT2D eigenvalue weighted by molar-refractivity contribution is 5.62. The SMILES string of the molecule is CCN(CC)c1ccc(Nc2cc(N3CCC(C)CC3)ncn2)cc1. The van der Waals surface area contributed by atoms with Crippen molar-refractivity contribution in [2.45, 2.75) is 33.6 Å². The highest BCUT2D eigenvalue weighted by Gasteiger charge is 2.17. The summed E-state index contributed by atoms with van der Waals surface area (Å²) in [6, 6.07) is 10.6. The molecule has 3 rings (SSSR count). The lowest BCUT2D eigenvalue weighted by atomic mass is 9.99. The Morgan fingerprint density at radius 2 is 1.76 bits per heavy atom. The maximum Gasteiger partial charge on any atom is 0.135 e. The summed E-state index contributed by atoms with van der Waals surface area (Å²) >= 11 is 0. The maximum atomic E-state index is 4.46. The Kier molecular flexibility index (Phi) is 5.74. The van der Waals surface area contributed by atoms with Gasteiger partial charge in [0.05, 0.1) is 0 Å². The number of hydrogen-bond donors (Lipinski definition) is 1. The molecule has 0 atom stereocenters. The van der Waals surface area contributed by atoms with Gasteiger partial charge in [-0.3, -0.25) is 0 Å². The molecule has 0 bridgehead atoms. The van der Waals surface area contributed by atoms with Crippen molar-refractivity contribution in [2.75, 3.05) is 41.3 Å². The Morgan fingerprint density at radius 3 is 2.40 bits per heavy atom. The molecule has 1 aromatic carbocycles. The van der Waals surface area contributed by atoms with Crippen LogP contribution in [0.4, 0.5) is 23.0 Å². The van der Waals surface area contributed by atoms with Crippen LogP contribution in [0.15, 0.2) is 36.7 Å². The highest BCUT2D eigenvalue weighted by Crippen LogP contribution is 2.24. The Balaban J connectivity index is 1.67. The Bertz CT molecular complexity index is 658. The number of nitrogens with zero attached hydrogens (tertiary/aromatic N) is 4. The molecule has 1 N–H and O–H groups in total. The summed E-state index contributed by atoms with van der Waals surface area (Å²) in [4.78, 5) is 13.5. The van der Waals surface area contributed by atoms with E-state index in [1.165, 1.54) is 18.5 Å². The second-order valence-electron chi connectivity index (χ2n) is 6.78. The first-order valence-electron chi connectivity index (χ1n) is 9.38. The van der Waals surface area contributed by atoms with Gasteiger partial charge < -0.3 is 15.1 Å². The van der Waals surface area contributed by atoms with Crippen molar-refractivity contribution in [2.24, 2.45) is 5.92 Å². The van der Waals surface area contributed by atoms with Crippen LogP contribution in [-0.2, 0) is 0 Å². The van der Waals surface area contributed by atoms with E-state index in [1.54, 1.807) is 6.33 Å². The summed E-state index contributed by atoms with van der Waals surface area (Å²) in [6.07, 6.45) is 4.12. The number of piperidine rings is 1. The fraction of sp³-hybridized carbons (Fsp3) is 0.500. The third-order valence-corrected chi connectivity index (χ3v) is 5.03. The minimum atomic E-state index is 0.819. The van der Waals surface area contributed by atoms with E-state index in [0.29, 0.717) is 0 Å². The molecule has 134 valence electrons. The standard InChI is InChI=1S/C20H29N5/c1-4-24(5-2)18-8-6-17(7-9-18)23-19-14-20(22-15-21-19)25-12-10-16(3)11-13-25/h6-9,14-16H,4-5,10-13H2,1-3H3,(H,21,22,23). The van der Waals surface area contributed by atoms with Crippen molar-refractivity contribution >= 4 is 23.0 Å². The second kappa shape index (κ2) is 8.19. The predicted octanol–water partition coefficient (Wildman–Crippen LogP) is 4.30. The van der Waals surface area contributed by atoms with Crippen LogP contribution in [-0.4, -0.2) is 36.1 Å². The lowest BCUT2D eigenvalue weighted by Crippen LogP contribution is -2.33. The number of benzene rings is 1. The van der Waals surface area contributed by atoms with Gasteiger partial charge in [0.1, 0.15) is 18.0 Å². The molecule has 2 heterocycles. The fourth-order valence-corrected chi connectivity index (χ4v) is 3.32. The van der Waals surface area contributed by atoms with Gasteiger partial charge in [0, 0.05) is 43.6 Å². The number of rotatable bonds is 6. The average molecular weight is 339 g/mol. The van der Waals surface area contributed by atoms with Crippen LogP contribution in [0.5, 0.6) is 0 Å². The van der Waals surface area contributed by atoms with Gasteiger partial charge in [-0.05, 0) is 56.9 Å². The van der Waals surface area contributed by atoms with E-state index in [2.05, 4.69) is 70.1 Å². The first-order valence-corrected chi connectivity index (χ1v) is 9.38. The smallest absolute Gasteiger partial charge is 0.135 e. The zero-order valence-corrected chi connectivity index (χ0v) is 15.6. The molecule has 1 fully saturated rings. The Hall–Kier alpha value is -2.30. The molecular formula is C20H29N5. The van der Waals surface area contributed by atoms with Gasteiger partial charge in [-0.15, -0.1) is 0 Å². The van der Waals surface area contributed by atoms with Gasteiger partial charge in [0.2, 0.25) is 0 Å². The van der Waals surface area contributed by atoms with E-state index in [0.717, 1.165) is 49.4 Å². The van der Waals surface area contributed by atoms with E-state index >= 15 is 0 Å². The van der Waals surface area contributed by atoms with Crippen LogP contribution in [0.25, 0.3) is 0 Å². The quantitative estimate of drug-likeness (QED) is 0.850. The number of anilines is 4. The van der Waals surface area contributed by atoms with E-state index in [4.69, 9.17) is 0 Å². The maximum absolute atomic E-state index is 4.46. The summed E-state index contributed by atoms with van der Waals surface area (Å²) in [5.74, 6) is 2.68. The molecule has 0 aliphatic carbocycles. The molecule has 5 nitrogen and oxygen atoms in total. The molecular weight excluding hydrogens is 310 g/mol. The summed E-state index contributed by atoms with van der Waals surface area (Å²) in [5.41, 5.74) is 2.30. The van der Waals surface area contributed by atoms with Crippen molar-refractivity contribution < 1.29 is 0 Å². The third kappa shape index (κ3) is 4.41. The highest BCUT2D eigenvalue weighted by atomic mass is 15.2. The van der Waals surface area contributed by atoms with Crippen molar-refractivity contribution in [3.05, 3.63) is 36.7 Å². The van der Waals surface area contributed by atoms with Gasteiger partial charge in [-0.25, -0.2) is 9.97 Å². The topological polar surface area (TPSA) is 44.3 Å². The molecule has 0 spiro atoms. The number of hydrogen-bond acceptors (Lipinski definition) is 5. The molecule has 2 aromatic rings. The number of nitrogens with one attached hydrogen (secondary N) is 1. The molecule has 25 heavy (non-hydrogen) atoms. The summed E-state index contributed by atoms with van der Waals surface area (Å²) in [7, 11) is 0. The molecule has 0 saturated carbocycles. The van der Waals surface area contributed by atoms with Crippen LogP contribution in [0, 0.1) is 5.92 Å². The number of aromatic nitrogens is 2. The Labute approximate surface area is 151 Å². The third-order valence-electron chi connectivity index (χ3n) is 5.03. The minimum absolute atomic E-state index is 0.819. The van der Waals surface area contributed by atoms with Crippen LogP contribution in [0.1, 0.15) is 33.6 Å². The molecule has 0 unspecified atom stereocenters. The lowest BCUT2D eigenvalue weighted by Gasteiger charge is -2.31. The van der Waals surface area contributed by atoms with Gasteiger partial charge in [-0.1, -0.05) is 6.92 Å². The monoisotopic (exact) mass is 339 g/mol. The predicted molar refractivity (Wildman–Crippen MR) is 106 cm³/mol. The van der Waals surface area contributed by atoms with E-state index in [1.807, 2.05) is 6.07 Å².